The second-order valence-electron chi connectivity index (χ2n) is 8.09. The van der Waals surface area contributed by atoms with Gasteiger partial charge in [0.05, 0.1) is 24.0 Å². The maximum atomic E-state index is 13.1. The molecule has 1 fully saturated rings. The molecule has 0 N–H and O–H groups in total. The molecule has 3 rings (SSSR count). The Labute approximate surface area is 162 Å². The quantitative estimate of drug-likeness (QED) is 0.748. The van der Waals surface area contributed by atoms with Crippen molar-refractivity contribution in [1.82, 2.24) is 14.3 Å². The molecule has 0 unspecified atom stereocenters. The van der Waals surface area contributed by atoms with Gasteiger partial charge in [0.1, 0.15) is 0 Å². The van der Waals surface area contributed by atoms with Crippen LogP contribution in [0.5, 0.6) is 0 Å². The molecule has 1 saturated heterocycles. The molecular weight excluding hydrogens is 338 g/mol. The first-order chi connectivity index (χ1) is 13.0. The number of ether oxygens (including phenoxy) is 1. The highest BCUT2D eigenvalue weighted by Gasteiger charge is 2.24. The van der Waals surface area contributed by atoms with E-state index in [1.165, 1.54) is 12.8 Å². The largest absolute Gasteiger partial charge is 0.376 e. The molecule has 1 atom stereocenters. The summed E-state index contributed by atoms with van der Waals surface area (Å²) in [6.45, 7) is 9.83. The van der Waals surface area contributed by atoms with Gasteiger partial charge in [-0.05, 0) is 31.4 Å². The standard InChI is InChI=1S/C22H33N3O2/c1-17(2)9-8-12-20-15-24(13-14-27-20)16-21-18(3)23(4)25(22(21)26)19-10-6-5-7-11-19/h5-7,10-11,17,20H,8-9,12-16H2,1-4H3/t20-/m0/s1. The predicted molar refractivity (Wildman–Crippen MR) is 109 cm³/mol. The monoisotopic (exact) mass is 371 g/mol. The Morgan fingerprint density at radius 2 is 1.96 bits per heavy atom. The van der Waals surface area contributed by atoms with E-state index in [-0.39, 0.29) is 11.7 Å². The van der Waals surface area contributed by atoms with Gasteiger partial charge in [-0.3, -0.25) is 14.4 Å². The van der Waals surface area contributed by atoms with Crippen LogP contribution in [0.2, 0.25) is 0 Å². The number of para-hydroxylation sites is 1. The summed E-state index contributed by atoms with van der Waals surface area (Å²) in [5.41, 5.74) is 2.92. The van der Waals surface area contributed by atoms with Gasteiger partial charge >= 0.3 is 0 Å². The molecule has 0 amide bonds. The van der Waals surface area contributed by atoms with Crippen molar-refractivity contribution in [3.8, 4) is 5.69 Å². The van der Waals surface area contributed by atoms with E-state index in [2.05, 4.69) is 18.7 Å². The van der Waals surface area contributed by atoms with Crippen LogP contribution in [0.4, 0.5) is 0 Å². The summed E-state index contributed by atoms with van der Waals surface area (Å²) in [5.74, 6) is 0.744. The summed E-state index contributed by atoms with van der Waals surface area (Å²) in [6, 6.07) is 9.85. The topological polar surface area (TPSA) is 39.4 Å². The molecule has 5 heteroatoms. The highest BCUT2D eigenvalue weighted by Crippen LogP contribution is 2.17. The summed E-state index contributed by atoms with van der Waals surface area (Å²) in [6.07, 6.45) is 3.86. The fourth-order valence-electron chi connectivity index (χ4n) is 3.88. The minimum atomic E-state index is 0.0871. The molecule has 1 aliphatic heterocycles. The van der Waals surface area contributed by atoms with Crippen LogP contribution in [0.3, 0.4) is 0 Å². The number of aromatic nitrogens is 2. The van der Waals surface area contributed by atoms with Gasteiger partial charge in [0.15, 0.2) is 0 Å². The molecule has 2 aromatic rings. The first-order valence-electron chi connectivity index (χ1n) is 10.1. The molecule has 0 aliphatic carbocycles. The Balaban J connectivity index is 1.71. The fourth-order valence-corrected chi connectivity index (χ4v) is 3.88. The predicted octanol–water partition coefficient (Wildman–Crippen LogP) is 3.51. The molecule has 1 aromatic heterocycles. The van der Waals surface area contributed by atoms with E-state index >= 15 is 0 Å². The van der Waals surface area contributed by atoms with E-state index in [1.807, 2.05) is 49.0 Å². The molecule has 1 aromatic carbocycles. The number of morpholine rings is 1. The zero-order chi connectivity index (χ0) is 19.4. The Hall–Kier alpha value is -1.85. The van der Waals surface area contributed by atoms with Crippen LogP contribution in [0.1, 0.15) is 44.4 Å². The first-order valence-corrected chi connectivity index (χ1v) is 10.1. The lowest BCUT2D eigenvalue weighted by Gasteiger charge is -2.32. The van der Waals surface area contributed by atoms with Crippen LogP contribution in [0.15, 0.2) is 35.1 Å². The highest BCUT2D eigenvalue weighted by molar-refractivity contribution is 5.33. The molecule has 1 aliphatic rings. The van der Waals surface area contributed by atoms with E-state index in [9.17, 15) is 4.79 Å². The second-order valence-corrected chi connectivity index (χ2v) is 8.09. The molecular formula is C22H33N3O2. The fraction of sp³-hybridized carbons (Fsp3) is 0.591. The van der Waals surface area contributed by atoms with Crippen LogP contribution in [-0.4, -0.2) is 40.1 Å². The number of nitrogens with zero attached hydrogens (tertiary/aromatic N) is 3. The van der Waals surface area contributed by atoms with Crippen molar-refractivity contribution in [3.05, 3.63) is 51.9 Å². The van der Waals surface area contributed by atoms with Crippen LogP contribution in [0.25, 0.3) is 5.69 Å². The number of hydrogen-bond donors (Lipinski definition) is 0. The van der Waals surface area contributed by atoms with Crippen molar-refractivity contribution in [2.45, 2.75) is 52.7 Å². The van der Waals surface area contributed by atoms with Gasteiger partial charge in [-0.1, -0.05) is 44.9 Å². The van der Waals surface area contributed by atoms with Crippen LogP contribution >= 0.6 is 0 Å². The average Bonchev–Trinajstić information content (AvgIpc) is 2.86. The van der Waals surface area contributed by atoms with Crippen LogP contribution < -0.4 is 5.56 Å². The third kappa shape index (κ3) is 4.71. The summed E-state index contributed by atoms with van der Waals surface area (Å²) < 4.78 is 9.69. The van der Waals surface area contributed by atoms with Gasteiger partial charge in [-0.15, -0.1) is 0 Å². The summed E-state index contributed by atoms with van der Waals surface area (Å²) in [5, 5.41) is 0. The van der Waals surface area contributed by atoms with Crippen molar-refractivity contribution in [3.63, 3.8) is 0 Å². The van der Waals surface area contributed by atoms with Gasteiger partial charge in [0, 0.05) is 32.4 Å². The van der Waals surface area contributed by atoms with Crippen molar-refractivity contribution < 1.29 is 4.74 Å². The SMILES string of the molecule is Cc1c(CN2CCO[C@@H](CCCC(C)C)C2)c(=O)n(-c2ccccc2)n1C. The van der Waals surface area contributed by atoms with Gasteiger partial charge in [0.2, 0.25) is 0 Å². The second kappa shape index (κ2) is 8.89. The van der Waals surface area contributed by atoms with E-state index in [0.29, 0.717) is 6.54 Å². The van der Waals surface area contributed by atoms with Crippen LogP contribution in [0, 0.1) is 12.8 Å². The van der Waals surface area contributed by atoms with Gasteiger partial charge in [-0.25, -0.2) is 4.68 Å². The maximum absolute atomic E-state index is 13.1. The Kier molecular flexibility index (Phi) is 6.55. The number of rotatable bonds is 7. The third-order valence-corrected chi connectivity index (χ3v) is 5.59. The zero-order valence-corrected chi connectivity index (χ0v) is 17.1. The lowest BCUT2D eigenvalue weighted by molar-refractivity contribution is -0.0361. The Morgan fingerprint density at radius 1 is 1.22 bits per heavy atom. The van der Waals surface area contributed by atoms with Gasteiger partial charge < -0.3 is 4.74 Å². The molecule has 0 bridgehead atoms. The molecule has 2 heterocycles. The van der Waals surface area contributed by atoms with Crippen molar-refractivity contribution in [2.24, 2.45) is 13.0 Å². The first kappa shape index (κ1) is 19.9. The maximum Gasteiger partial charge on any atom is 0.276 e. The summed E-state index contributed by atoms with van der Waals surface area (Å²) in [4.78, 5) is 15.5. The third-order valence-electron chi connectivity index (χ3n) is 5.59. The van der Waals surface area contributed by atoms with Gasteiger partial charge in [-0.2, -0.15) is 0 Å². The number of hydrogen-bond acceptors (Lipinski definition) is 3. The minimum absolute atomic E-state index is 0.0871. The molecule has 0 radical (unpaired) electrons. The Morgan fingerprint density at radius 3 is 2.67 bits per heavy atom. The van der Waals surface area contributed by atoms with Crippen LogP contribution in [-0.2, 0) is 18.3 Å². The molecule has 0 spiro atoms. The molecule has 148 valence electrons. The van der Waals surface area contributed by atoms with Gasteiger partial charge in [0.25, 0.3) is 5.56 Å². The summed E-state index contributed by atoms with van der Waals surface area (Å²) >= 11 is 0. The van der Waals surface area contributed by atoms with E-state index in [1.54, 1.807) is 4.68 Å². The lowest BCUT2D eigenvalue weighted by atomic mass is 10.0. The molecule has 27 heavy (non-hydrogen) atoms. The average molecular weight is 372 g/mol. The van der Waals surface area contributed by atoms with Crippen molar-refractivity contribution >= 4 is 0 Å². The normalized spacial score (nSPS) is 18.3. The summed E-state index contributed by atoms with van der Waals surface area (Å²) in [7, 11) is 1.96. The van der Waals surface area contributed by atoms with Crippen molar-refractivity contribution in [2.75, 3.05) is 19.7 Å². The molecule has 0 saturated carbocycles. The molecule has 5 nitrogen and oxygen atoms in total. The van der Waals surface area contributed by atoms with Crippen molar-refractivity contribution in [1.29, 1.82) is 0 Å². The lowest BCUT2D eigenvalue weighted by Crippen LogP contribution is -2.42. The minimum Gasteiger partial charge on any atom is -0.376 e. The van der Waals surface area contributed by atoms with E-state index in [0.717, 1.165) is 49.0 Å². The highest BCUT2D eigenvalue weighted by atomic mass is 16.5. The van der Waals surface area contributed by atoms with E-state index < -0.39 is 0 Å². The smallest absolute Gasteiger partial charge is 0.276 e. The number of benzene rings is 1. The zero-order valence-electron chi connectivity index (χ0n) is 17.1. The Bertz CT molecular complexity index is 792. The van der Waals surface area contributed by atoms with E-state index in [4.69, 9.17) is 4.74 Å².